The van der Waals surface area contributed by atoms with Gasteiger partial charge in [0.05, 0.1) is 17.4 Å². The summed E-state index contributed by atoms with van der Waals surface area (Å²) in [6, 6.07) is 0.450. The Balaban J connectivity index is 1.55. The standard InChI is InChI=1S/C18H27N5/c1-3-14-13(11-22(2)21-14)12-23-10-6-9-17(23)18-19-15-7-4-5-8-16(15)20-18/h11,17H,3-10,12H2,1-2H3,(H,19,20)/t17-/m0/s1. The molecule has 1 atom stereocenters. The van der Waals surface area contributed by atoms with Crippen molar-refractivity contribution in [3.05, 3.63) is 34.7 Å². The molecule has 0 amide bonds. The van der Waals surface area contributed by atoms with Gasteiger partial charge in [-0.3, -0.25) is 9.58 Å². The summed E-state index contributed by atoms with van der Waals surface area (Å²) in [4.78, 5) is 11.2. The van der Waals surface area contributed by atoms with Crippen molar-refractivity contribution in [3.8, 4) is 0 Å². The highest BCUT2D eigenvalue weighted by Crippen LogP contribution is 2.33. The largest absolute Gasteiger partial charge is 0.344 e. The van der Waals surface area contributed by atoms with Crippen molar-refractivity contribution in [1.29, 1.82) is 0 Å². The van der Waals surface area contributed by atoms with Crippen LogP contribution in [0.4, 0.5) is 0 Å². The molecule has 3 heterocycles. The zero-order valence-electron chi connectivity index (χ0n) is 14.3. The predicted octanol–water partition coefficient (Wildman–Crippen LogP) is 2.92. The summed E-state index contributed by atoms with van der Waals surface area (Å²) in [6.07, 6.45) is 10.6. The third kappa shape index (κ3) is 2.82. The van der Waals surface area contributed by atoms with Gasteiger partial charge in [-0.25, -0.2) is 4.98 Å². The van der Waals surface area contributed by atoms with Crippen LogP contribution in [-0.2, 0) is 32.9 Å². The maximum Gasteiger partial charge on any atom is 0.124 e. The molecule has 124 valence electrons. The molecule has 0 radical (unpaired) electrons. The number of likely N-dealkylation sites (tertiary alicyclic amines) is 1. The molecular weight excluding hydrogens is 286 g/mol. The van der Waals surface area contributed by atoms with Gasteiger partial charge >= 0.3 is 0 Å². The van der Waals surface area contributed by atoms with Gasteiger partial charge in [0.2, 0.25) is 0 Å². The van der Waals surface area contributed by atoms with Crippen molar-refractivity contribution in [2.45, 2.75) is 64.5 Å². The van der Waals surface area contributed by atoms with E-state index in [1.165, 1.54) is 60.6 Å². The normalized spacial score (nSPS) is 21.7. The summed E-state index contributed by atoms with van der Waals surface area (Å²) < 4.78 is 1.95. The van der Waals surface area contributed by atoms with Crippen LogP contribution in [0.2, 0.25) is 0 Å². The second kappa shape index (κ2) is 6.11. The van der Waals surface area contributed by atoms with Gasteiger partial charge in [0, 0.05) is 31.0 Å². The molecule has 1 N–H and O–H groups in total. The fourth-order valence-electron chi connectivity index (χ4n) is 4.19. The summed E-state index contributed by atoms with van der Waals surface area (Å²) in [5, 5.41) is 4.59. The van der Waals surface area contributed by atoms with Crippen LogP contribution in [-0.4, -0.2) is 31.2 Å². The number of hydrogen-bond acceptors (Lipinski definition) is 3. The van der Waals surface area contributed by atoms with Crippen LogP contribution in [0.5, 0.6) is 0 Å². The van der Waals surface area contributed by atoms with Gasteiger partial charge in [-0.1, -0.05) is 6.92 Å². The van der Waals surface area contributed by atoms with Gasteiger partial charge in [-0.05, 0) is 51.5 Å². The molecule has 5 nitrogen and oxygen atoms in total. The Morgan fingerprint density at radius 3 is 2.96 bits per heavy atom. The fourth-order valence-corrected chi connectivity index (χ4v) is 4.19. The van der Waals surface area contributed by atoms with E-state index in [0.717, 1.165) is 25.9 Å². The lowest BCUT2D eigenvalue weighted by Gasteiger charge is -2.22. The first-order chi connectivity index (χ1) is 11.2. The number of nitrogens with zero attached hydrogens (tertiary/aromatic N) is 4. The molecular formula is C18H27N5. The number of aryl methyl sites for hydroxylation is 4. The second-order valence-electron chi connectivity index (χ2n) is 7.01. The second-order valence-corrected chi connectivity index (χ2v) is 7.01. The van der Waals surface area contributed by atoms with Crippen molar-refractivity contribution in [2.24, 2.45) is 7.05 Å². The Morgan fingerprint density at radius 2 is 2.13 bits per heavy atom. The minimum absolute atomic E-state index is 0.450. The van der Waals surface area contributed by atoms with Crippen molar-refractivity contribution in [2.75, 3.05) is 6.54 Å². The molecule has 1 aliphatic carbocycles. The summed E-state index contributed by atoms with van der Waals surface area (Å²) >= 11 is 0. The number of fused-ring (bicyclic) bond motifs is 1. The van der Waals surface area contributed by atoms with Crippen LogP contribution in [0.3, 0.4) is 0 Å². The van der Waals surface area contributed by atoms with Gasteiger partial charge in [-0.2, -0.15) is 5.10 Å². The first kappa shape index (κ1) is 14.9. The average Bonchev–Trinajstić information content (AvgIpc) is 3.24. The van der Waals surface area contributed by atoms with E-state index in [-0.39, 0.29) is 0 Å². The van der Waals surface area contributed by atoms with E-state index in [1.54, 1.807) is 0 Å². The van der Waals surface area contributed by atoms with E-state index in [0.29, 0.717) is 6.04 Å². The Kier molecular flexibility index (Phi) is 3.97. The first-order valence-corrected chi connectivity index (χ1v) is 9.07. The fraction of sp³-hybridized carbons (Fsp3) is 0.667. The Labute approximate surface area is 138 Å². The molecule has 0 saturated carbocycles. The van der Waals surface area contributed by atoms with E-state index in [9.17, 15) is 0 Å². The van der Waals surface area contributed by atoms with Gasteiger partial charge in [0.15, 0.2) is 0 Å². The number of imidazole rings is 1. The molecule has 4 rings (SSSR count). The van der Waals surface area contributed by atoms with Gasteiger partial charge < -0.3 is 4.98 Å². The van der Waals surface area contributed by atoms with Gasteiger partial charge in [0.25, 0.3) is 0 Å². The van der Waals surface area contributed by atoms with E-state index >= 15 is 0 Å². The molecule has 0 unspecified atom stereocenters. The highest BCUT2D eigenvalue weighted by atomic mass is 15.3. The lowest BCUT2D eigenvalue weighted by atomic mass is 10.0. The zero-order chi connectivity index (χ0) is 15.8. The highest BCUT2D eigenvalue weighted by molar-refractivity contribution is 5.21. The van der Waals surface area contributed by atoms with Crippen molar-refractivity contribution in [3.63, 3.8) is 0 Å². The summed E-state index contributed by atoms with van der Waals surface area (Å²) in [6.45, 7) is 4.34. The third-order valence-corrected chi connectivity index (χ3v) is 5.35. The van der Waals surface area contributed by atoms with Crippen LogP contribution < -0.4 is 0 Å². The van der Waals surface area contributed by atoms with Crippen molar-refractivity contribution in [1.82, 2.24) is 24.6 Å². The summed E-state index contributed by atoms with van der Waals surface area (Å²) in [5.41, 5.74) is 5.33. The molecule has 1 aliphatic heterocycles. The molecule has 2 aromatic rings. The number of aromatic amines is 1. The molecule has 1 saturated heterocycles. The van der Waals surface area contributed by atoms with Crippen LogP contribution >= 0.6 is 0 Å². The summed E-state index contributed by atoms with van der Waals surface area (Å²) in [5.74, 6) is 1.20. The molecule has 1 fully saturated rings. The third-order valence-electron chi connectivity index (χ3n) is 5.35. The van der Waals surface area contributed by atoms with E-state index < -0.39 is 0 Å². The Bertz CT molecular complexity index is 660. The molecule has 0 aromatic carbocycles. The zero-order valence-corrected chi connectivity index (χ0v) is 14.3. The average molecular weight is 313 g/mol. The SMILES string of the molecule is CCc1nn(C)cc1CN1CCC[C@H]1c1nc2c([nH]1)CCCC2. The smallest absolute Gasteiger partial charge is 0.124 e. The molecule has 0 spiro atoms. The van der Waals surface area contributed by atoms with Crippen LogP contribution in [0, 0.1) is 0 Å². The van der Waals surface area contributed by atoms with Crippen molar-refractivity contribution < 1.29 is 0 Å². The number of H-pyrrole nitrogens is 1. The van der Waals surface area contributed by atoms with Crippen molar-refractivity contribution >= 4 is 0 Å². The maximum atomic E-state index is 4.95. The molecule has 2 aromatic heterocycles. The maximum absolute atomic E-state index is 4.95. The quantitative estimate of drug-likeness (QED) is 0.944. The lowest BCUT2D eigenvalue weighted by molar-refractivity contribution is 0.240. The van der Waals surface area contributed by atoms with E-state index in [2.05, 4.69) is 28.1 Å². The minimum atomic E-state index is 0.450. The lowest BCUT2D eigenvalue weighted by Crippen LogP contribution is -2.24. The molecule has 23 heavy (non-hydrogen) atoms. The van der Waals surface area contributed by atoms with Crippen LogP contribution in [0.25, 0.3) is 0 Å². The number of aromatic nitrogens is 4. The van der Waals surface area contributed by atoms with Gasteiger partial charge in [-0.15, -0.1) is 0 Å². The highest BCUT2D eigenvalue weighted by Gasteiger charge is 2.30. The number of hydrogen-bond donors (Lipinski definition) is 1. The molecule has 5 heteroatoms. The van der Waals surface area contributed by atoms with E-state index in [4.69, 9.17) is 4.98 Å². The van der Waals surface area contributed by atoms with E-state index in [1.807, 2.05) is 11.7 Å². The topological polar surface area (TPSA) is 49.7 Å². The Morgan fingerprint density at radius 1 is 1.26 bits per heavy atom. The van der Waals surface area contributed by atoms with Gasteiger partial charge in [0.1, 0.15) is 5.82 Å². The predicted molar refractivity (Wildman–Crippen MR) is 90.2 cm³/mol. The minimum Gasteiger partial charge on any atom is -0.344 e. The monoisotopic (exact) mass is 313 g/mol. The first-order valence-electron chi connectivity index (χ1n) is 9.07. The van der Waals surface area contributed by atoms with Crippen LogP contribution in [0.1, 0.15) is 67.1 Å². The number of rotatable bonds is 4. The molecule has 2 aliphatic rings. The Hall–Kier alpha value is -1.62. The molecule has 0 bridgehead atoms. The van der Waals surface area contributed by atoms with Crippen LogP contribution in [0.15, 0.2) is 6.20 Å². The number of nitrogens with one attached hydrogen (secondary N) is 1. The summed E-state index contributed by atoms with van der Waals surface area (Å²) in [7, 11) is 2.02.